The number of aliphatic imine (C=N–C) groups is 1. The fourth-order valence-corrected chi connectivity index (χ4v) is 3.87. The lowest BCUT2D eigenvalue weighted by atomic mass is 10.4. The third-order valence-electron chi connectivity index (χ3n) is 1.85. The third kappa shape index (κ3) is 2.70. The number of rotatable bonds is 3. The van der Waals surface area contributed by atoms with Crippen molar-refractivity contribution in [1.29, 1.82) is 0 Å². The first-order valence-corrected chi connectivity index (χ1v) is 6.51. The van der Waals surface area contributed by atoms with Crippen LogP contribution >= 0.6 is 23.5 Å². The van der Waals surface area contributed by atoms with Crippen LogP contribution in [0.15, 0.2) is 4.99 Å². The largest absolute Gasteiger partial charge is 0.269 e. The molecule has 70 valence electrons. The average molecular weight is 203 g/mol. The molecule has 0 radical (unpaired) electrons. The van der Waals surface area contributed by atoms with Crippen molar-refractivity contribution in [2.24, 2.45) is 4.99 Å². The second kappa shape index (κ2) is 5.18. The lowest BCUT2D eigenvalue weighted by Crippen LogP contribution is -2.14. The minimum Gasteiger partial charge on any atom is -0.269 e. The predicted molar refractivity (Wildman–Crippen MR) is 61.1 cm³/mol. The van der Waals surface area contributed by atoms with E-state index in [0.29, 0.717) is 5.37 Å². The summed E-state index contributed by atoms with van der Waals surface area (Å²) in [4.78, 5) is 4.66. The van der Waals surface area contributed by atoms with Crippen molar-refractivity contribution in [2.45, 2.75) is 50.0 Å². The molecule has 0 aliphatic carbocycles. The Morgan fingerprint density at radius 3 is 2.50 bits per heavy atom. The standard InChI is InChI=1S/C9H17NS2/c1-4-7-10-8(5-2)12-9(6-3)11-7/h7,9H,4-6H2,1-3H3/t7-,9+/m0/s1. The first kappa shape index (κ1) is 10.5. The van der Waals surface area contributed by atoms with Gasteiger partial charge >= 0.3 is 0 Å². The van der Waals surface area contributed by atoms with Crippen LogP contribution in [0.25, 0.3) is 0 Å². The van der Waals surface area contributed by atoms with Crippen molar-refractivity contribution >= 4 is 28.6 Å². The molecule has 12 heavy (non-hydrogen) atoms. The van der Waals surface area contributed by atoms with Crippen molar-refractivity contribution in [3.63, 3.8) is 0 Å². The van der Waals surface area contributed by atoms with Crippen molar-refractivity contribution in [1.82, 2.24) is 0 Å². The molecule has 0 aromatic carbocycles. The van der Waals surface area contributed by atoms with E-state index in [1.165, 1.54) is 17.9 Å². The van der Waals surface area contributed by atoms with Crippen LogP contribution < -0.4 is 0 Å². The quantitative estimate of drug-likeness (QED) is 0.692. The van der Waals surface area contributed by atoms with Crippen molar-refractivity contribution in [3.8, 4) is 0 Å². The molecule has 0 aromatic heterocycles. The molecular formula is C9H17NS2. The molecular weight excluding hydrogens is 186 g/mol. The maximum atomic E-state index is 4.66. The molecule has 0 unspecified atom stereocenters. The van der Waals surface area contributed by atoms with Crippen LogP contribution in [0.4, 0.5) is 0 Å². The molecule has 0 bridgehead atoms. The average Bonchev–Trinajstić information content (AvgIpc) is 2.16. The molecule has 1 nitrogen and oxygen atoms in total. The molecule has 0 aromatic rings. The Morgan fingerprint density at radius 2 is 2.00 bits per heavy atom. The minimum absolute atomic E-state index is 0.533. The van der Waals surface area contributed by atoms with E-state index in [4.69, 9.17) is 0 Å². The zero-order valence-electron chi connectivity index (χ0n) is 8.04. The summed E-state index contributed by atoms with van der Waals surface area (Å²) in [6.07, 6.45) is 3.54. The summed E-state index contributed by atoms with van der Waals surface area (Å²) < 4.78 is 0.752. The van der Waals surface area contributed by atoms with Gasteiger partial charge in [-0.25, -0.2) is 0 Å². The Hall–Kier alpha value is 0.370. The van der Waals surface area contributed by atoms with E-state index in [2.05, 4.69) is 25.8 Å². The van der Waals surface area contributed by atoms with Gasteiger partial charge in [0.1, 0.15) is 0 Å². The zero-order chi connectivity index (χ0) is 8.97. The molecule has 2 atom stereocenters. The van der Waals surface area contributed by atoms with E-state index in [1.54, 1.807) is 0 Å². The van der Waals surface area contributed by atoms with E-state index in [-0.39, 0.29) is 0 Å². The summed E-state index contributed by atoms with van der Waals surface area (Å²) >= 11 is 3.99. The first-order valence-electron chi connectivity index (χ1n) is 4.68. The Bertz CT molecular complexity index is 168. The summed E-state index contributed by atoms with van der Waals surface area (Å²) in [6.45, 7) is 6.68. The van der Waals surface area contributed by atoms with Crippen LogP contribution in [0.5, 0.6) is 0 Å². The Kier molecular flexibility index (Phi) is 4.51. The topological polar surface area (TPSA) is 12.4 Å². The smallest absolute Gasteiger partial charge is 0.0969 e. The molecule has 0 fully saturated rings. The van der Waals surface area contributed by atoms with Gasteiger partial charge in [0.15, 0.2) is 0 Å². The van der Waals surface area contributed by atoms with Crippen LogP contribution in [0.2, 0.25) is 0 Å². The maximum absolute atomic E-state index is 4.66. The molecule has 1 rings (SSSR count). The van der Waals surface area contributed by atoms with Crippen LogP contribution in [-0.4, -0.2) is 15.0 Å². The minimum atomic E-state index is 0.533. The van der Waals surface area contributed by atoms with Crippen LogP contribution in [0, 0.1) is 0 Å². The van der Waals surface area contributed by atoms with Gasteiger partial charge in [-0.1, -0.05) is 32.5 Å². The molecule has 3 heteroatoms. The third-order valence-corrected chi connectivity index (χ3v) is 5.12. The van der Waals surface area contributed by atoms with E-state index in [9.17, 15) is 0 Å². The van der Waals surface area contributed by atoms with Crippen LogP contribution in [0.3, 0.4) is 0 Å². The monoisotopic (exact) mass is 203 g/mol. The fourth-order valence-electron chi connectivity index (χ4n) is 1.12. The zero-order valence-corrected chi connectivity index (χ0v) is 9.67. The summed E-state index contributed by atoms with van der Waals surface area (Å²) in [7, 11) is 0. The molecule has 0 spiro atoms. The number of thioether (sulfide) groups is 2. The van der Waals surface area contributed by atoms with Gasteiger partial charge in [0.2, 0.25) is 0 Å². The van der Waals surface area contributed by atoms with Crippen molar-refractivity contribution < 1.29 is 0 Å². The highest BCUT2D eigenvalue weighted by Crippen LogP contribution is 2.38. The van der Waals surface area contributed by atoms with Gasteiger partial charge < -0.3 is 0 Å². The molecule has 1 aliphatic heterocycles. The Morgan fingerprint density at radius 1 is 1.25 bits per heavy atom. The van der Waals surface area contributed by atoms with E-state index < -0.39 is 0 Å². The number of nitrogens with zero attached hydrogens (tertiary/aromatic N) is 1. The Balaban J connectivity index is 2.57. The molecule has 0 amide bonds. The van der Waals surface area contributed by atoms with Gasteiger partial charge in [0.25, 0.3) is 0 Å². The van der Waals surface area contributed by atoms with Gasteiger partial charge in [-0.3, -0.25) is 4.99 Å². The van der Waals surface area contributed by atoms with Crippen LogP contribution in [0.1, 0.15) is 40.0 Å². The molecule has 1 heterocycles. The summed E-state index contributed by atoms with van der Waals surface area (Å²) in [5.74, 6) is 0. The highest BCUT2D eigenvalue weighted by atomic mass is 32.2. The van der Waals surface area contributed by atoms with E-state index >= 15 is 0 Å². The summed E-state index contributed by atoms with van der Waals surface area (Å²) in [5, 5.41) is 1.89. The molecule has 0 saturated carbocycles. The number of hydrogen-bond donors (Lipinski definition) is 0. The normalized spacial score (nSPS) is 30.1. The predicted octanol–water partition coefficient (Wildman–Crippen LogP) is 3.75. The van der Waals surface area contributed by atoms with Gasteiger partial charge in [-0.05, 0) is 19.3 Å². The van der Waals surface area contributed by atoms with Crippen LogP contribution in [-0.2, 0) is 0 Å². The fraction of sp³-hybridized carbons (Fsp3) is 0.889. The summed E-state index contributed by atoms with van der Waals surface area (Å²) in [6, 6.07) is 0. The van der Waals surface area contributed by atoms with E-state index in [0.717, 1.165) is 11.0 Å². The number of hydrogen-bond acceptors (Lipinski definition) is 3. The summed E-state index contributed by atoms with van der Waals surface area (Å²) in [5.41, 5.74) is 0. The van der Waals surface area contributed by atoms with Crippen molar-refractivity contribution in [2.75, 3.05) is 0 Å². The first-order chi connectivity index (χ1) is 5.80. The highest BCUT2D eigenvalue weighted by molar-refractivity contribution is 8.25. The van der Waals surface area contributed by atoms with Gasteiger partial charge in [0, 0.05) is 0 Å². The Labute approximate surface area is 83.8 Å². The van der Waals surface area contributed by atoms with Gasteiger partial charge in [-0.15, -0.1) is 11.8 Å². The second-order valence-electron chi connectivity index (χ2n) is 2.83. The lowest BCUT2D eigenvalue weighted by Gasteiger charge is -2.24. The SMILES string of the molecule is CCC1=N[C@H](CC)S[C@@H](CC)S1. The second-order valence-corrected chi connectivity index (χ2v) is 5.79. The lowest BCUT2D eigenvalue weighted by molar-refractivity contribution is 0.859. The molecule has 1 aliphatic rings. The maximum Gasteiger partial charge on any atom is 0.0969 e. The van der Waals surface area contributed by atoms with E-state index in [1.807, 2.05) is 23.5 Å². The van der Waals surface area contributed by atoms with Gasteiger partial charge in [-0.2, -0.15) is 0 Å². The van der Waals surface area contributed by atoms with Crippen molar-refractivity contribution in [3.05, 3.63) is 0 Å². The highest BCUT2D eigenvalue weighted by Gasteiger charge is 2.21. The molecule has 0 N–H and O–H groups in total. The van der Waals surface area contributed by atoms with Gasteiger partial charge in [0.05, 0.1) is 15.0 Å². The molecule has 0 saturated heterocycles.